The lowest BCUT2D eigenvalue weighted by Gasteiger charge is -2.15. The highest BCUT2D eigenvalue weighted by Gasteiger charge is 2.14. The van der Waals surface area contributed by atoms with Gasteiger partial charge in [-0.2, -0.15) is 0 Å². The van der Waals surface area contributed by atoms with Gasteiger partial charge in [0.05, 0.1) is 24.0 Å². The van der Waals surface area contributed by atoms with Gasteiger partial charge in [0.15, 0.2) is 0 Å². The average Bonchev–Trinajstić information content (AvgIpc) is 2.90. The molecule has 0 aliphatic heterocycles. The maximum atomic E-state index is 13.5. The Hall–Kier alpha value is -3.97. The molecule has 0 aliphatic carbocycles. The minimum atomic E-state index is -0.365. The molecule has 186 valence electrons. The Labute approximate surface area is 210 Å². The summed E-state index contributed by atoms with van der Waals surface area (Å²) >= 11 is 0. The highest BCUT2D eigenvalue weighted by molar-refractivity contribution is 5.94. The molecule has 0 unspecified atom stereocenters. The van der Waals surface area contributed by atoms with Crippen LogP contribution in [0.5, 0.6) is 0 Å². The molecule has 0 saturated carbocycles. The second-order valence-electron chi connectivity index (χ2n) is 8.77. The summed E-state index contributed by atoms with van der Waals surface area (Å²) < 4.78 is 8.19. The zero-order valence-electron chi connectivity index (χ0n) is 20.7. The first-order chi connectivity index (χ1) is 17.5. The molecular formula is C29H31N3O4. The van der Waals surface area contributed by atoms with Crippen LogP contribution in [0.2, 0.25) is 0 Å². The Morgan fingerprint density at radius 1 is 0.861 bits per heavy atom. The van der Waals surface area contributed by atoms with Gasteiger partial charge in [0, 0.05) is 25.3 Å². The fourth-order valence-corrected chi connectivity index (χ4v) is 4.11. The van der Waals surface area contributed by atoms with Crippen LogP contribution in [-0.4, -0.2) is 34.8 Å². The molecular weight excluding hydrogens is 454 g/mol. The smallest absolute Gasteiger partial charge is 0.332 e. The van der Waals surface area contributed by atoms with Crippen molar-refractivity contribution in [2.24, 2.45) is 0 Å². The molecule has 3 aromatic carbocycles. The van der Waals surface area contributed by atoms with E-state index in [1.165, 1.54) is 4.57 Å². The van der Waals surface area contributed by atoms with Gasteiger partial charge in [-0.25, -0.2) is 4.79 Å². The fourth-order valence-electron chi connectivity index (χ4n) is 4.11. The van der Waals surface area contributed by atoms with E-state index in [9.17, 15) is 14.4 Å². The molecule has 1 N–H and O–H groups in total. The van der Waals surface area contributed by atoms with Gasteiger partial charge in [-0.05, 0) is 55.7 Å². The molecule has 0 radical (unpaired) electrons. The van der Waals surface area contributed by atoms with Crippen LogP contribution in [0.25, 0.3) is 10.9 Å². The monoisotopic (exact) mass is 485 g/mol. The van der Waals surface area contributed by atoms with Crippen LogP contribution in [0, 0.1) is 6.92 Å². The van der Waals surface area contributed by atoms with Crippen LogP contribution >= 0.6 is 0 Å². The van der Waals surface area contributed by atoms with Crippen LogP contribution in [0.4, 0.5) is 0 Å². The number of carbonyl (C=O) groups excluding carboxylic acids is 1. The zero-order chi connectivity index (χ0) is 25.5. The Morgan fingerprint density at radius 2 is 1.50 bits per heavy atom. The third-order valence-corrected chi connectivity index (χ3v) is 6.11. The second-order valence-corrected chi connectivity index (χ2v) is 8.77. The van der Waals surface area contributed by atoms with Gasteiger partial charge in [-0.1, -0.05) is 54.1 Å². The molecule has 4 rings (SSSR count). The first-order valence-corrected chi connectivity index (χ1v) is 12.2. The number of hydrogen-bond acceptors (Lipinski definition) is 4. The zero-order valence-corrected chi connectivity index (χ0v) is 20.7. The molecule has 1 amide bonds. The summed E-state index contributed by atoms with van der Waals surface area (Å²) in [5.74, 6) is -0.165. The molecule has 4 aromatic rings. The van der Waals surface area contributed by atoms with E-state index >= 15 is 0 Å². The number of carbonyl (C=O) groups is 1. The number of aromatic nitrogens is 2. The lowest BCUT2D eigenvalue weighted by molar-refractivity contribution is 0.0944. The van der Waals surface area contributed by atoms with E-state index in [1.54, 1.807) is 47.0 Å². The van der Waals surface area contributed by atoms with Crippen molar-refractivity contribution in [1.82, 2.24) is 14.5 Å². The van der Waals surface area contributed by atoms with Crippen molar-refractivity contribution in [1.29, 1.82) is 0 Å². The number of benzene rings is 3. The van der Waals surface area contributed by atoms with E-state index in [0.29, 0.717) is 42.8 Å². The van der Waals surface area contributed by atoms with E-state index in [1.807, 2.05) is 44.2 Å². The van der Waals surface area contributed by atoms with E-state index in [4.69, 9.17) is 4.74 Å². The standard InChI is InChI=1S/C29H31N3O4/c1-3-36-18-6-17-30-27(33)24-15-13-23(14-16-24)20-32-28(34)25-7-4-5-8-26(25)31(29(32)35)19-22-11-9-21(2)10-12-22/h4-5,7-16H,3,6,17-20H2,1-2H3,(H,30,33). The van der Waals surface area contributed by atoms with Gasteiger partial charge in [0.2, 0.25) is 0 Å². The van der Waals surface area contributed by atoms with Crippen LogP contribution in [0.1, 0.15) is 40.4 Å². The summed E-state index contributed by atoms with van der Waals surface area (Å²) in [5, 5.41) is 3.36. The van der Waals surface area contributed by atoms with Crippen molar-refractivity contribution in [3.63, 3.8) is 0 Å². The largest absolute Gasteiger partial charge is 0.382 e. The Morgan fingerprint density at radius 3 is 2.19 bits per heavy atom. The third-order valence-electron chi connectivity index (χ3n) is 6.11. The summed E-state index contributed by atoms with van der Waals surface area (Å²) in [4.78, 5) is 39.1. The summed E-state index contributed by atoms with van der Waals surface area (Å²) in [5.41, 5.74) is 3.33. The highest BCUT2D eigenvalue weighted by Crippen LogP contribution is 2.12. The van der Waals surface area contributed by atoms with Gasteiger partial charge < -0.3 is 10.1 Å². The van der Waals surface area contributed by atoms with E-state index in [-0.39, 0.29) is 23.7 Å². The first-order valence-electron chi connectivity index (χ1n) is 12.2. The van der Waals surface area contributed by atoms with Gasteiger partial charge in [-0.15, -0.1) is 0 Å². The predicted octanol–water partition coefficient (Wildman–Crippen LogP) is 3.72. The van der Waals surface area contributed by atoms with Crippen LogP contribution in [0.3, 0.4) is 0 Å². The van der Waals surface area contributed by atoms with Gasteiger partial charge >= 0.3 is 5.69 Å². The number of ether oxygens (including phenoxy) is 1. The molecule has 7 heteroatoms. The molecule has 0 atom stereocenters. The summed E-state index contributed by atoms with van der Waals surface area (Å²) in [7, 11) is 0. The van der Waals surface area contributed by atoms with Crippen molar-refractivity contribution < 1.29 is 9.53 Å². The third kappa shape index (κ3) is 5.80. The normalized spacial score (nSPS) is 11.1. The topological polar surface area (TPSA) is 82.3 Å². The number of nitrogens with one attached hydrogen (secondary N) is 1. The number of para-hydroxylation sites is 1. The first kappa shape index (κ1) is 25.1. The van der Waals surface area contributed by atoms with E-state index in [2.05, 4.69) is 5.32 Å². The van der Waals surface area contributed by atoms with Crippen molar-refractivity contribution in [3.8, 4) is 0 Å². The Balaban J connectivity index is 1.58. The number of rotatable bonds is 10. The van der Waals surface area contributed by atoms with Crippen LogP contribution in [-0.2, 0) is 17.8 Å². The van der Waals surface area contributed by atoms with Gasteiger partial charge in [0.1, 0.15) is 0 Å². The molecule has 0 saturated heterocycles. The average molecular weight is 486 g/mol. The maximum Gasteiger partial charge on any atom is 0.332 e. The van der Waals surface area contributed by atoms with E-state index in [0.717, 1.165) is 23.1 Å². The molecule has 0 aliphatic rings. The minimum absolute atomic E-state index is 0.118. The van der Waals surface area contributed by atoms with Crippen molar-refractivity contribution >= 4 is 16.8 Å². The molecule has 0 spiro atoms. The molecule has 1 aromatic heterocycles. The van der Waals surface area contributed by atoms with Gasteiger partial charge in [0.25, 0.3) is 11.5 Å². The summed E-state index contributed by atoms with van der Waals surface area (Å²) in [6.07, 6.45) is 0.747. The van der Waals surface area contributed by atoms with E-state index < -0.39 is 0 Å². The molecule has 0 bridgehead atoms. The Kier molecular flexibility index (Phi) is 8.13. The summed E-state index contributed by atoms with van der Waals surface area (Å²) in [6, 6.07) is 22.2. The van der Waals surface area contributed by atoms with Crippen molar-refractivity contribution in [2.45, 2.75) is 33.4 Å². The molecule has 7 nitrogen and oxygen atoms in total. The Bertz CT molecular complexity index is 1450. The molecule has 1 heterocycles. The van der Waals surface area contributed by atoms with Crippen LogP contribution in [0.15, 0.2) is 82.4 Å². The lowest BCUT2D eigenvalue weighted by atomic mass is 10.1. The summed E-state index contributed by atoms with van der Waals surface area (Å²) in [6.45, 7) is 6.24. The molecule has 0 fully saturated rings. The quantitative estimate of drug-likeness (QED) is 0.347. The van der Waals surface area contributed by atoms with Crippen molar-refractivity contribution in [2.75, 3.05) is 19.8 Å². The highest BCUT2D eigenvalue weighted by atomic mass is 16.5. The van der Waals surface area contributed by atoms with Crippen molar-refractivity contribution in [3.05, 3.63) is 116 Å². The SMILES string of the molecule is CCOCCCNC(=O)c1ccc(Cn2c(=O)c3ccccc3n(Cc3ccc(C)cc3)c2=O)cc1. The number of amides is 1. The number of nitrogens with zero attached hydrogens (tertiary/aromatic N) is 2. The van der Waals surface area contributed by atoms with Gasteiger partial charge in [-0.3, -0.25) is 18.7 Å². The minimum Gasteiger partial charge on any atom is -0.382 e. The van der Waals surface area contributed by atoms with Crippen LogP contribution < -0.4 is 16.6 Å². The lowest BCUT2D eigenvalue weighted by Crippen LogP contribution is -2.40. The fraction of sp³-hybridized carbons (Fsp3) is 0.276. The maximum absolute atomic E-state index is 13.5. The number of fused-ring (bicyclic) bond motifs is 1. The molecule has 36 heavy (non-hydrogen) atoms. The predicted molar refractivity (Wildman–Crippen MR) is 142 cm³/mol. The number of aryl methyl sites for hydroxylation is 1. The number of hydrogen-bond donors (Lipinski definition) is 1. The second kappa shape index (κ2) is 11.6.